The molecule has 3 aromatic rings. The third-order valence-electron chi connectivity index (χ3n) is 4.91. The molecule has 0 bridgehead atoms. The van der Waals surface area contributed by atoms with Crippen LogP contribution in [0.3, 0.4) is 0 Å². The molecule has 0 saturated carbocycles. The number of hydrogen-bond donors (Lipinski definition) is 0. The van der Waals surface area contributed by atoms with E-state index < -0.39 is 0 Å². The molecule has 0 spiro atoms. The van der Waals surface area contributed by atoms with E-state index >= 15 is 0 Å². The number of halogens is 3. The van der Waals surface area contributed by atoms with Gasteiger partial charge in [-0.15, -0.1) is 0 Å². The molecular formula is C24H21Br3N2O2. The smallest absolute Gasteiger partial charge is 0.148 e. The summed E-state index contributed by atoms with van der Waals surface area (Å²) >= 11 is 10.7. The second-order valence-corrected chi connectivity index (χ2v) is 9.73. The Bertz CT molecular complexity index is 1020. The zero-order valence-corrected chi connectivity index (χ0v) is 21.5. The highest BCUT2D eigenvalue weighted by Crippen LogP contribution is 2.35. The van der Waals surface area contributed by atoms with Crippen molar-refractivity contribution in [3.63, 3.8) is 0 Å². The van der Waals surface area contributed by atoms with Gasteiger partial charge in [0.05, 0.1) is 27.8 Å². The molecule has 0 amide bonds. The molecule has 1 aliphatic heterocycles. The number of hydrogen-bond acceptors (Lipinski definition) is 4. The SMILES string of the molecule is Brc1ccc(COc2c(Br)cc(C=Nc3ccc(N4CCOCC4)cc3)cc2Br)cc1. The van der Waals surface area contributed by atoms with Crippen molar-refractivity contribution in [1.29, 1.82) is 0 Å². The van der Waals surface area contributed by atoms with Gasteiger partial charge in [0.2, 0.25) is 0 Å². The van der Waals surface area contributed by atoms with Crippen LogP contribution in [0.1, 0.15) is 11.1 Å². The van der Waals surface area contributed by atoms with Gasteiger partial charge < -0.3 is 14.4 Å². The van der Waals surface area contributed by atoms with Crippen molar-refractivity contribution in [3.05, 3.63) is 85.2 Å². The lowest BCUT2D eigenvalue weighted by atomic mass is 10.2. The monoisotopic (exact) mass is 606 g/mol. The van der Waals surface area contributed by atoms with Crippen LogP contribution in [-0.2, 0) is 11.3 Å². The van der Waals surface area contributed by atoms with Crippen LogP contribution in [0.2, 0.25) is 0 Å². The predicted octanol–water partition coefficient (Wildman–Crippen LogP) is 7.14. The molecular weight excluding hydrogens is 588 g/mol. The van der Waals surface area contributed by atoms with Gasteiger partial charge in [0.1, 0.15) is 12.4 Å². The maximum absolute atomic E-state index is 6.01. The molecule has 0 N–H and O–H groups in total. The van der Waals surface area contributed by atoms with E-state index in [-0.39, 0.29) is 0 Å². The fraction of sp³-hybridized carbons (Fsp3) is 0.208. The Kier molecular flexibility index (Phi) is 7.82. The second-order valence-electron chi connectivity index (χ2n) is 7.10. The molecule has 0 aliphatic carbocycles. The van der Waals surface area contributed by atoms with E-state index in [1.807, 2.05) is 54.7 Å². The van der Waals surface area contributed by atoms with Gasteiger partial charge in [-0.25, -0.2) is 0 Å². The van der Waals surface area contributed by atoms with Crippen molar-refractivity contribution in [2.75, 3.05) is 31.2 Å². The molecule has 1 saturated heterocycles. The van der Waals surface area contributed by atoms with Crippen LogP contribution in [0.5, 0.6) is 5.75 Å². The van der Waals surface area contributed by atoms with E-state index in [0.29, 0.717) is 6.61 Å². The van der Waals surface area contributed by atoms with E-state index in [1.54, 1.807) is 0 Å². The number of aliphatic imine (C=N–C) groups is 1. The zero-order valence-electron chi connectivity index (χ0n) is 16.7. The minimum absolute atomic E-state index is 0.493. The van der Waals surface area contributed by atoms with Gasteiger partial charge in [0, 0.05) is 29.5 Å². The van der Waals surface area contributed by atoms with Crippen molar-refractivity contribution in [1.82, 2.24) is 0 Å². The third-order valence-corrected chi connectivity index (χ3v) is 6.61. The molecule has 31 heavy (non-hydrogen) atoms. The van der Waals surface area contributed by atoms with Gasteiger partial charge in [-0.05, 0) is 91.5 Å². The zero-order chi connectivity index (χ0) is 21.6. The quantitative estimate of drug-likeness (QED) is 0.279. The number of nitrogens with zero attached hydrogens (tertiary/aromatic N) is 2. The van der Waals surface area contributed by atoms with Crippen molar-refractivity contribution in [3.8, 4) is 5.75 Å². The molecule has 1 fully saturated rings. The highest BCUT2D eigenvalue weighted by atomic mass is 79.9. The molecule has 7 heteroatoms. The third kappa shape index (κ3) is 6.19. The first-order valence-corrected chi connectivity index (χ1v) is 12.3. The maximum atomic E-state index is 6.01. The molecule has 0 atom stereocenters. The lowest BCUT2D eigenvalue weighted by Crippen LogP contribution is -2.36. The van der Waals surface area contributed by atoms with E-state index in [2.05, 4.69) is 69.8 Å². The van der Waals surface area contributed by atoms with Crippen molar-refractivity contribution >= 4 is 65.4 Å². The topological polar surface area (TPSA) is 34.1 Å². The summed E-state index contributed by atoms with van der Waals surface area (Å²) in [5.41, 5.74) is 4.21. The van der Waals surface area contributed by atoms with Crippen LogP contribution in [0.25, 0.3) is 0 Å². The fourth-order valence-corrected chi connectivity index (χ4v) is 4.96. The lowest BCUT2D eigenvalue weighted by Gasteiger charge is -2.28. The highest BCUT2D eigenvalue weighted by Gasteiger charge is 2.11. The van der Waals surface area contributed by atoms with E-state index in [4.69, 9.17) is 9.47 Å². The Morgan fingerprint density at radius 1 is 0.903 bits per heavy atom. The second kappa shape index (κ2) is 10.8. The summed E-state index contributed by atoms with van der Waals surface area (Å²) in [7, 11) is 0. The molecule has 0 radical (unpaired) electrons. The minimum atomic E-state index is 0.493. The van der Waals surface area contributed by atoms with Gasteiger partial charge in [-0.3, -0.25) is 4.99 Å². The first-order chi connectivity index (χ1) is 15.1. The van der Waals surface area contributed by atoms with Crippen LogP contribution in [0.15, 0.2) is 79.1 Å². The fourth-order valence-electron chi connectivity index (χ4n) is 3.25. The summed E-state index contributed by atoms with van der Waals surface area (Å²) in [5.74, 6) is 0.773. The largest absolute Gasteiger partial charge is 0.487 e. The number of benzene rings is 3. The molecule has 160 valence electrons. The Morgan fingerprint density at radius 3 is 2.19 bits per heavy atom. The average molecular weight is 609 g/mol. The number of ether oxygens (including phenoxy) is 2. The van der Waals surface area contributed by atoms with E-state index in [9.17, 15) is 0 Å². The summed E-state index contributed by atoms with van der Waals surface area (Å²) in [5, 5.41) is 0. The van der Waals surface area contributed by atoms with E-state index in [1.165, 1.54) is 5.69 Å². The normalized spacial score (nSPS) is 14.2. The van der Waals surface area contributed by atoms with Gasteiger partial charge in [0.15, 0.2) is 0 Å². The van der Waals surface area contributed by atoms with Crippen LogP contribution < -0.4 is 9.64 Å². The standard InChI is InChI=1S/C24H21Br3N2O2/c25-19-3-1-17(2-4-19)16-31-24-22(26)13-18(14-23(24)27)15-28-20-5-7-21(8-6-20)29-9-11-30-12-10-29/h1-8,13-15H,9-12,16H2. The van der Waals surface area contributed by atoms with Gasteiger partial charge in [-0.2, -0.15) is 0 Å². The molecule has 1 heterocycles. The minimum Gasteiger partial charge on any atom is -0.487 e. The Hall–Kier alpha value is -1.67. The van der Waals surface area contributed by atoms with Gasteiger partial charge in [0.25, 0.3) is 0 Å². The molecule has 0 aromatic heterocycles. The highest BCUT2D eigenvalue weighted by molar-refractivity contribution is 9.11. The van der Waals surface area contributed by atoms with Crippen LogP contribution in [0, 0.1) is 0 Å². The molecule has 4 rings (SSSR count). The van der Waals surface area contributed by atoms with E-state index in [0.717, 1.165) is 62.3 Å². The van der Waals surface area contributed by atoms with Crippen molar-refractivity contribution in [2.45, 2.75) is 6.61 Å². The van der Waals surface area contributed by atoms with Crippen molar-refractivity contribution in [2.24, 2.45) is 4.99 Å². The molecule has 4 nitrogen and oxygen atoms in total. The maximum Gasteiger partial charge on any atom is 0.148 e. The lowest BCUT2D eigenvalue weighted by molar-refractivity contribution is 0.122. The summed E-state index contributed by atoms with van der Waals surface area (Å²) in [4.78, 5) is 6.95. The summed E-state index contributed by atoms with van der Waals surface area (Å²) in [6.45, 7) is 3.92. The van der Waals surface area contributed by atoms with Crippen LogP contribution in [0.4, 0.5) is 11.4 Å². The first-order valence-electron chi connectivity index (χ1n) is 9.91. The molecule has 0 unspecified atom stereocenters. The number of anilines is 1. The summed E-state index contributed by atoms with van der Waals surface area (Å²) in [6, 6.07) is 20.4. The molecule has 3 aromatic carbocycles. The number of morpholine rings is 1. The summed E-state index contributed by atoms with van der Waals surface area (Å²) < 4.78 is 14.2. The van der Waals surface area contributed by atoms with Crippen LogP contribution >= 0.6 is 47.8 Å². The first kappa shape index (κ1) is 22.5. The summed E-state index contributed by atoms with van der Waals surface area (Å²) in [6.07, 6.45) is 1.86. The predicted molar refractivity (Wildman–Crippen MR) is 137 cm³/mol. The Labute approximate surface area is 207 Å². The molecule has 1 aliphatic rings. The Morgan fingerprint density at radius 2 is 1.55 bits per heavy atom. The Balaban J connectivity index is 1.41. The van der Waals surface area contributed by atoms with Gasteiger partial charge >= 0.3 is 0 Å². The van der Waals surface area contributed by atoms with Crippen LogP contribution in [-0.4, -0.2) is 32.5 Å². The van der Waals surface area contributed by atoms with Crippen molar-refractivity contribution < 1.29 is 9.47 Å². The van der Waals surface area contributed by atoms with Gasteiger partial charge in [-0.1, -0.05) is 28.1 Å². The average Bonchev–Trinajstić information content (AvgIpc) is 2.79. The number of rotatable bonds is 6.